The zero-order chi connectivity index (χ0) is 22.8. The lowest BCUT2D eigenvalue weighted by Crippen LogP contribution is -2.49. The Morgan fingerprint density at radius 1 is 1.09 bits per heavy atom. The third-order valence-corrected chi connectivity index (χ3v) is 7.03. The molecule has 2 aliphatic heterocycles. The molecule has 0 N–H and O–H groups in total. The monoisotopic (exact) mass is 463 g/mol. The molecular weight excluding hydrogens is 434 g/mol. The highest BCUT2D eigenvalue weighted by molar-refractivity contribution is 7.13. The summed E-state index contributed by atoms with van der Waals surface area (Å²) in [6.07, 6.45) is 0.848. The highest BCUT2D eigenvalue weighted by Gasteiger charge is 2.32. The predicted octanol–water partition coefficient (Wildman–Crippen LogP) is 4.25. The van der Waals surface area contributed by atoms with E-state index in [0.717, 1.165) is 53.6 Å². The molecule has 0 radical (unpaired) electrons. The minimum atomic E-state index is -0.235. The van der Waals surface area contributed by atoms with Crippen molar-refractivity contribution in [1.29, 1.82) is 0 Å². The van der Waals surface area contributed by atoms with Crippen LogP contribution in [0.25, 0.3) is 10.6 Å². The second kappa shape index (κ2) is 9.15. The summed E-state index contributed by atoms with van der Waals surface area (Å²) >= 11 is 1.68. The van der Waals surface area contributed by atoms with E-state index in [-0.39, 0.29) is 18.1 Å². The van der Waals surface area contributed by atoms with E-state index in [1.54, 1.807) is 11.3 Å². The van der Waals surface area contributed by atoms with E-state index in [0.29, 0.717) is 18.8 Å². The van der Waals surface area contributed by atoms with Crippen LogP contribution >= 0.6 is 11.3 Å². The number of thiazole rings is 1. The van der Waals surface area contributed by atoms with Crippen LogP contribution in [0.3, 0.4) is 0 Å². The van der Waals surface area contributed by atoms with Crippen LogP contribution in [0, 0.1) is 0 Å². The minimum absolute atomic E-state index is 0.0181. The zero-order valence-corrected chi connectivity index (χ0v) is 19.9. The second-order valence-electron chi connectivity index (χ2n) is 9.24. The molecule has 1 aromatic heterocycles. The Kier molecular flexibility index (Phi) is 6.08. The van der Waals surface area contributed by atoms with Crippen LogP contribution in [0.15, 0.2) is 53.9 Å². The number of carbonyl (C=O) groups is 1. The van der Waals surface area contributed by atoms with Gasteiger partial charge in [0.2, 0.25) is 0 Å². The Labute approximate surface area is 198 Å². The van der Waals surface area contributed by atoms with Gasteiger partial charge in [0.25, 0.3) is 5.91 Å². The summed E-state index contributed by atoms with van der Waals surface area (Å²) in [6.45, 7) is 8.05. The average molecular weight is 464 g/mol. The first kappa shape index (κ1) is 21.9. The van der Waals surface area contributed by atoms with Gasteiger partial charge in [0.15, 0.2) is 18.1 Å². The molecule has 7 heteroatoms. The van der Waals surface area contributed by atoms with Crippen molar-refractivity contribution in [3.8, 4) is 22.1 Å². The van der Waals surface area contributed by atoms with E-state index in [2.05, 4.69) is 42.3 Å². The lowest BCUT2D eigenvalue weighted by molar-refractivity contribution is -0.135. The summed E-state index contributed by atoms with van der Waals surface area (Å²) in [4.78, 5) is 21.8. The first-order chi connectivity index (χ1) is 16.0. The number of fused-ring (bicyclic) bond motifs is 1. The Hall–Kier alpha value is -2.90. The standard InChI is InChI=1S/C26H29N3O3S/c1-26(2)15-20-9-6-10-22(24(20)32-26)31-17-23(30)29-13-11-28(12-14-29)16-21-18-33-25(27-21)19-7-4-3-5-8-19/h3-10,18H,11-17H2,1-2H3. The van der Waals surface area contributed by atoms with E-state index in [4.69, 9.17) is 14.5 Å². The number of aromatic nitrogens is 1. The minimum Gasteiger partial charge on any atom is -0.483 e. The number of ether oxygens (including phenoxy) is 2. The number of nitrogens with zero attached hydrogens (tertiary/aromatic N) is 3. The summed E-state index contributed by atoms with van der Waals surface area (Å²) in [6, 6.07) is 16.2. The quantitative estimate of drug-likeness (QED) is 0.547. The van der Waals surface area contributed by atoms with Crippen molar-refractivity contribution in [3.05, 3.63) is 65.2 Å². The lowest BCUT2D eigenvalue weighted by atomic mass is 10.0. The Morgan fingerprint density at radius 2 is 1.88 bits per heavy atom. The highest BCUT2D eigenvalue weighted by atomic mass is 32.1. The first-order valence-corrected chi connectivity index (χ1v) is 12.3. The predicted molar refractivity (Wildman–Crippen MR) is 130 cm³/mol. The smallest absolute Gasteiger partial charge is 0.260 e. The van der Waals surface area contributed by atoms with Gasteiger partial charge >= 0.3 is 0 Å². The highest BCUT2D eigenvalue weighted by Crippen LogP contribution is 2.41. The molecule has 0 bridgehead atoms. The maximum absolute atomic E-state index is 12.8. The van der Waals surface area contributed by atoms with E-state index >= 15 is 0 Å². The molecule has 1 fully saturated rings. The van der Waals surface area contributed by atoms with Gasteiger partial charge in [-0.25, -0.2) is 4.98 Å². The zero-order valence-electron chi connectivity index (χ0n) is 19.1. The topological polar surface area (TPSA) is 54.9 Å². The van der Waals surface area contributed by atoms with Gasteiger partial charge in [0.05, 0.1) is 5.69 Å². The SMILES string of the molecule is CC1(C)Cc2cccc(OCC(=O)N3CCN(Cc4csc(-c5ccccc5)n4)CC3)c2O1. The van der Waals surface area contributed by atoms with Gasteiger partial charge in [0, 0.05) is 55.7 Å². The van der Waals surface area contributed by atoms with Gasteiger partial charge in [0.1, 0.15) is 10.6 Å². The van der Waals surface area contributed by atoms with Gasteiger partial charge in [-0.2, -0.15) is 0 Å². The second-order valence-corrected chi connectivity index (χ2v) is 10.1. The number of benzene rings is 2. The molecule has 5 rings (SSSR count). The fraction of sp³-hybridized carbons (Fsp3) is 0.385. The van der Waals surface area contributed by atoms with E-state index in [1.165, 1.54) is 0 Å². The molecule has 0 aliphatic carbocycles. The molecule has 1 saturated heterocycles. The van der Waals surface area contributed by atoms with Crippen LogP contribution in [-0.2, 0) is 17.8 Å². The van der Waals surface area contributed by atoms with Crippen molar-refractivity contribution >= 4 is 17.2 Å². The van der Waals surface area contributed by atoms with Crippen molar-refractivity contribution in [2.45, 2.75) is 32.4 Å². The molecule has 2 aliphatic rings. The van der Waals surface area contributed by atoms with Crippen LogP contribution in [0.1, 0.15) is 25.1 Å². The average Bonchev–Trinajstić information content (AvgIpc) is 3.41. The maximum Gasteiger partial charge on any atom is 0.260 e. The molecule has 2 aromatic carbocycles. The molecule has 3 aromatic rings. The molecule has 0 spiro atoms. The van der Waals surface area contributed by atoms with Gasteiger partial charge in [-0.15, -0.1) is 11.3 Å². The van der Waals surface area contributed by atoms with Crippen LogP contribution in [0.5, 0.6) is 11.5 Å². The van der Waals surface area contributed by atoms with Gasteiger partial charge < -0.3 is 14.4 Å². The summed E-state index contributed by atoms with van der Waals surface area (Å²) in [5, 5.41) is 3.19. The number of carbonyl (C=O) groups excluding carboxylic acids is 1. The number of amides is 1. The van der Waals surface area contributed by atoms with E-state index in [1.807, 2.05) is 35.2 Å². The summed E-state index contributed by atoms with van der Waals surface area (Å²) < 4.78 is 11.9. The molecule has 33 heavy (non-hydrogen) atoms. The maximum atomic E-state index is 12.8. The fourth-order valence-electron chi connectivity index (χ4n) is 4.41. The Balaban J connectivity index is 1.11. The van der Waals surface area contributed by atoms with Gasteiger partial charge in [-0.05, 0) is 19.9 Å². The number of piperazine rings is 1. The third-order valence-electron chi connectivity index (χ3n) is 6.09. The molecule has 0 saturated carbocycles. The van der Waals surface area contributed by atoms with Crippen molar-refractivity contribution in [3.63, 3.8) is 0 Å². The number of para-hydroxylation sites is 1. The molecule has 172 valence electrons. The van der Waals surface area contributed by atoms with Crippen molar-refractivity contribution in [2.75, 3.05) is 32.8 Å². The summed E-state index contributed by atoms with van der Waals surface area (Å²) in [5.41, 5.74) is 3.14. The van der Waals surface area contributed by atoms with Crippen molar-refractivity contribution in [2.24, 2.45) is 0 Å². The van der Waals surface area contributed by atoms with Gasteiger partial charge in [-0.1, -0.05) is 42.5 Å². The molecule has 6 nitrogen and oxygen atoms in total. The largest absolute Gasteiger partial charge is 0.483 e. The van der Waals surface area contributed by atoms with Crippen LogP contribution in [0.4, 0.5) is 0 Å². The number of hydrogen-bond acceptors (Lipinski definition) is 6. The summed E-state index contributed by atoms with van der Waals surface area (Å²) in [7, 11) is 0. The molecule has 0 atom stereocenters. The molecule has 3 heterocycles. The fourth-order valence-corrected chi connectivity index (χ4v) is 5.23. The van der Waals surface area contributed by atoms with Crippen molar-refractivity contribution < 1.29 is 14.3 Å². The van der Waals surface area contributed by atoms with E-state index in [9.17, 15) is 4.79 Å². The number of hydrogen-bond donors (Lipinski definition) is 0. The lowest BCUT2D eigenvalue weighted by Gasteiger charge is -2.34. The van der Waals surface area contributed by atoms with Crippen molar-refractivity contribution in [1.82, 2.24) is 14.8 Å². The summed E-state index contributed by atoms with van der Waals surface area (Å²) in [5.74, 6) is 1.45. The Bertz CT molecular complexity index is 1120. The number of rotatable bonds is 6. The first-order valence-electron chi connectivity index (χ1n) is 11.4. The normalized spacial score (nSPS) is 17.5. The molecular formula is C26H29N3O3S. The van der Waals surface area contributed by atoms with Crippen LogP contribution in [-0.4, -0.2) is 59.1 Å². The third kappa shape index (κ3) is 5.04. The van der Waals surface area contributed by atoms with Crippen LogP contribution in [0.2, 0.25) is 0 Å². The van der Waals surface area contributed by atoms with Crippen LogP contribution < -0.4 is 9.47 Å². The molecule has 0 unspecified atom stereocenters. The van der Waals surface area contributed by atoms with E-state index < -0.39 is 0 Å². The van der Waals surface area contributed by atoms with Gasteiger partial charge in [-0.3, -0.25) is 9.69 Å². The Morgan fingerprint density at radius 3 is 2.67 bits per heavy atom. The molecule has 1 amide bonds.